The summed E-state index contributed by atoms with van der Waals surface area (Å²) in [7, 11) is 0. The van der Waals surface area contributed by atoms with Gasteiger partial charge in [-0.1, -0.05) is 128 Å². The van der Waals surface area contributed by atoms with Crippen LogP contribution in [-0.4, -0.2) is 10.3 Å². The van der Waals surface area contributed by atoms with E-state index in [-0.39, 0.29) is 12.0 Å². The molecule has 9 aromatic carbocycles. The lowest BCUT2D eigenvalue weighted by atomic mass is 9.80. The molecule has 1 aliphatic rings. The highest BCUT2D eigenvalue weighted by Crippen LogP contribution is 2.46. The Morgan fingerprint density at radius 3 is 1.90 bits per heavy atom. The lowest BCUT2D eigenvalue weighted by Gasteiger charge is -2.25. The van der Waals surface area contributed by atoms with Gasteiger partial charge in [0.15, 0.2) is 0 Å². The van der Waals surface area contributed by atoms with Crippen LogP contribution in [0.5, 0.6) is 0 Å². The Bertz CT molecular complexity index is 4290. The number of benzene rings is 9. The maximum absolute atomic E-state index is 6.75. The van der Waals surface area contributed by atoms with Crippen molar-refractivity contribution >= 4 is 98.9 Å². The van der Waals surface area contributed by atoms with Crippen molar-refractivity contribution in [1.29, 1.82) is 0 Å². The number of allylic oxidation sites excluding steroid dienone is 2. The van der Waals surface area contributed by atoms with Crippen LogP contribution in [0, 0.1) is 5.92 Å². The van der Waals surface area contributed by atoms with Gasteiger partial charge in [0.25, 0.3) is 0 Å². The average Bonchev–Trinajstić information content (AvgIpc) is 4.18. The number of furan rings is 3. The minimum Gasteiger partial charge on any atom is -0.456 e. The third-order valence-corrected chi connectivity index (χ3v) is 15.2. The summed E-state index contributed by atoms with van der Waals surface area (Å²) in [6.45, 7) is 4.68. The van der Waals surface area contributed by atoms with Crippen molar-refractivity contribution in [2.45, 2.75) is 45.6 Å². The SMILES string of the molecule is CCC1CC(c2cccc3oc4ccc(-c5ccc6c(c5)c5ccccc5n6-c5ccc6oc7ccccc7c6c5)cc4c23)/N=C(/c2ccccc2)CC/C(C)=C/1c1ccc2c(c1)oc1ccccc12. The molecule has 2 atom stereocenters. The smallest absolute Gasteiger partial charge is 0.136 e. The van der Waals surface area contributed by atoms with E-state index in [4.69, 9.17) is 18.2 Å². The Hall–Kier alpha value is -8.41. The summed E-state index contributed by atoms with van der Waals surface area (Å²) >= 11 is 0. The van der Waals surface area contributed by atoms with Gasteiger partial charge in [0, 0.05) is 54.5 Å². The average molecular weight is 905 g/mol. The highest BCUT2D eigenvalue weighted by atomic mass is 16.3. The van der Waals surface area contributed by atoms with Gasteiger partial charge in [-0.25, -0.2) is 0 Å². The molecule has 2 unspecified atom stereocenters. The molecular weight excluding hydrogens is 857 g/mol. The first-order chi connectivity index (χ1) is 34.5. The molecule has 13 aromatic rings. The van der Waals surface area contributed by atoms with Crippen LogP contribution < -0.4 is 0 Å². The van der Waals surface area contributed by atoms with Gasteiger partial charge in [0.1, 0.15) is 33.5 Å². The van der Waals surface area contributed by atoms with E-state index in [1.54, 1.807) is 0 Å². The summed E-state index contributed by atoms with van der Waals surface area (Å²) in [4.78, 5) is 5.83. The Morgan fingerprint density at radius 2 is 1.07 bits per heavy atom. The quantitative estimate of drug-likeness (QED) is 0.167. The summed E-state index contributed by atoms with van der Waals surface area (Å²) in [5, 5.41) is 9.23. The molecule has 1 aliphatic heterocycles. The summed E-state index contributed by atoms with van der Waals surface area (Å²) in [5.41, 5.74) is 18.7. The van der Waals surface area contributed by atoms with Crippen LogP contribution in [-0.2, 0) is 0 Å². The summed E-state index contributed by atoms with van der Waals surface area (Å²) in [5.74, 6) is 0.254. The summed E-state index contributed by atoms with van der Waals surface area (Å²) in [6.07, 6.45) is 3.61. The van der Waals surface area contributed by atoms with E-state index >= 15 is 0 Å². The predicted molar refractivity (Wildman–Crippen MR) is 290 cm³/mol. The van der Waals surface area contributed by atoms with Crippen LogP contribution >= 0.6 is 0 Å². The van der Waals surface area contributed by atoms with Crippen LogP contribution in [0.15, 0.2) is 218 Å². The van der Waals surface area contributed by atoms with Crippen molar-refractivity contribution in [3.63, 3.8) is 0 Å². The van der Waals surface area contributed by atoms with E-state index in [2.05, 4.69) is 194 Å². The topological polar surface area (TPSA) is 56.7 Å². The Kier molecular flexibility index (Phi) is 9.35. The highest BCUT2D eigenvalue weighted by Gasteiger charge is 2.28. The van der Waals surface area contributed by atoms with Crippen molar-refractivity contribution in [2.24, 2.45) is 10.9 Å². The number of hydrogen-bond acceptors (Lipinski definition) is 4. The zero-order valence-corrected chi connectivity index (χ0v) is 39.1. The van der Waals surface area contributed by atoms with Crippen LogP contribution in [0.25, 0.3) is 110 Å². The van der Waals surface area contributed by atoms with E-state index in [1.807, 2.05) is 18.2 Å². The molecule has 5 heterocycles. The lowest BCUT2D eigenvalue weighted by Crippen LogP contribution is -2.11. The van der Waals surface area contributed by atoms with Gasteiger partial charge in [-0.2, -0.15) is 0 Å². The van der Waals surface area contributed by atoms with Crippen molar-refractivity contribution in [1.82, 2.24) is 4.57 Å². The van der Waals surface area contributed by atoms with Gasteiger partial charge in [-0.3, -0.25) is 4.99 Å². The Labute approximate surface area is 404 Å². The highest BCUT2D eigenvalue weighted by molar-refractivity contribution is 6.13. The van der Waals surface area contributed by atoms with Crippen LogP contribution in [0.1, 0.15) is 62.3 Å². The molecular formula is C65H48N2O3. The monoisotopic (exact) mass is 904 g/mol. The number of para-hydroxylation sites is 3. The van der Waals surface area contributed by atoms with E-state index < -0.39 is 0 Å². The molecule has 0 radical (unpaired) electrons. The maximum atomic E-state index is 6.75. The third-order valence-electron chi connectivity index (χ3n) is 15.2. The molecule has 70 heavy (non-hydrogen) atoms. The zero-order valence-electron chi connectivity index (χ0n) is 39.1. The molecule has 14 rings (SSSR count). The second-order valence-corrected chi connectivity index (χ2v) is 19.2. The first-order valence-electron chi connectivity index (χ1n) is 24.7. The molecule has 0 saturated carbocycles. The van der Waals surface area contributed by atoms with Gasteiger partial charge in [-0.05, 0) is 151 Å². The first-order valence-corrected chi connectivity index (χ1v) is 24.7. The molecule has 0 saturated heterocycles. The van der Waals surface area contributed by atoms with Crippen LogP contribution in [0.2, 0.25) is 0 Å². The minimum absolute atomic E-state index is 0.120. The molecule has 5 nitrogen and oxygen atoms in total. The maximum Gasteiger partial charge on any atom is 0.136 e. The molecule has 0 N–H and O–H groups in total. The predicted octanol–water partition coefficient (Wildman–Crippen LogP) is 18.4. The number of fused-ring (bicyclic) bond motifs is 12. The lowest BCUT2D eigenvalue weighted by molar-refractivity contribution is 0.518. The molecule has 0 spiro atoms. The van der Waals surface area contributed by atoms with Crippen molar-refractivity contribution in [3.8, 4) is 16.8 Å². The van der Waals surface area contributed by atoms with Gasteiger partial charge >= 0.3 is 0 Å². The number of nitrogens with zero attached hydrogens (tertiary/aromatic N) is 2. The van der Waals surface area contributed by atoms with Crippen LogP contribution in [0.4, 0.5) is 0 Å². The van der Waals surface area contributed by atoms with E-state index in [0.29, 0.717) is 0 Å². The minimum atomic E-state index is -0.120. The van der Waals surface area contributed by atoms with E-state index in [1.165, 1.54) is 44.1 Å². The molecule has 4 aromatic heterocycles. The number of aliphatic imine (C=N–C) groups is 1. The van der Waals surface area contributed by atoms with E-state index in [0.717, 1.165) is 120 Å². The van der Waals surface area contributed by atoms with Crippen molar-refractivity contribution < 1.29 is 13.3 Å². The normalized spacial score (nSPS) is 17.8. The van der Waals surface area contributed by atoms with Crippen molar-refractivity contribution in [2.75, 3.05) is 0 Å². The zero-order chi connectivity index (χ0) is 46.5. The Balaban J connectivity index is 0.898. The number of hydrogen-bond donors (Lipinski definition) is 0. The van der Waals surface area contributed by atoms with Crippen molar-refractivity contribution in [3.05, 3.63) is 216 Å². The first kappa shape index (κ1) is 40.6. The summed E-state index contributed by atoms with van der Waals surface area (Å²) in [6, 6.07) is 69.7. The van der Waals surface area contributed by atoms with Crippen LogP contribution in [0.3, 0.4) is 0 Å². The van der Waals surface area contributed by atoms with Gasteiger partial charge < -0.3 is 17.8 Å². The van der Waals surface area contributed by atoms with Gasteiger partial charge in [0.05, 0.1) is 17.1 Å². The third kappa shape index (κ3) is 6.49. The molecule has 0 fully saturated rings. The van der Waals surface area contributed by atoms with Gasteiger partial charge in [-0.15, -0.1) is 0 Å². The molecule has 5 heteroatoms. The summed E-state index contributed by atoms with van der Waals surface area (Å²) < 4.78 is 21.8. The molecule has 0 amide bonds. The Morgan fingerprint density at radius 1 is 0.457 bits per heavy atom. The second-order valence-electron chi connectivity index (χ2n) is 19.2. The molecule has 336 valence electrons. The fraction of sp³-hybridized carbons (Fsp3) is 0.123. The second kappa shape index (κ2) is 16.1. The number of aromatic nitrogens is 1. The fourth-order valence-corrected chi connectivity index (χ4v) is 11.9. The molecule has 0 aliphatic carbocycles. The standard InChI is InChI=1S/C65H48N2O3/c1-3-40-36-55(66-54(41-14-5-4-6-15-41)30-24-39(2)64(40)44-25-29-49-47-17-8-11-21-58(47)70-63(49)37-44)50-19-13-23-62-65(50)53-35-43(27-32-61(53)69-62)42-26-31-57-51(34-42)46-16-7-10-20-56(46)67(57)45-28-33-60-52(38-45)48-18-9-12-22-59(48)68-60/h4-23,25-29,31-35,37-38,40,55H,3,24,30,36H2,1-2H3/b64-39-,66-54+. The molecule has 0 bridgehead atoms. The van der Waals surface area contributed by atoms with E-state index in [9.17, 15) is 0 Å². The van der Waals surface area contributed by atoms with Gasteiger partial charge in [0.2, 0.25) is 0 Å². The number of rotatable bonds is 6. The fourth-order valence-electron chi connectivity index (χ4n) is 11.9. The largest absolute Gasteiger partial charge is 0.456 e.